The van der Waals surface area contributed by atoms with E-state index in [-0.39, 0.29) is 29.0 Å². The van der Waals surface area contributed by atoms with Crippen LogP contribution in [0.25, 0.3) is 10.9 Å². The molecule has 202 valence electrons. The van der Waals surface area contributed by atoms with Crippen molar-refractivity contribution >= 4 is 28.7 Å². The lowest BCUT2D eigenvalue weighted by Gasteiger charge is -2.35. The van der Waals surface area contributed by atoms with Crippen LogP contribution in [0.3, 0.4) is 0 Å². The summed E-state index contributed by atoms with van der Waals surface area (Å²) in [5.74, 6) is 0.962. The second-order valence-corrected chi connectivity index (χ2v) is 11.2. The highest BCUT2D eigenvalue weighted by Gasteiger charge is 2.64. The number of carboxylic acid groups (broad SMARTS) is 1. The number of ether oxygens (including phenoxy) is 3. The third kappa shape index (κ3) is 4.63. The van der Waals surface area contributed by atoms with Crippen molar-refractivity contribution in [2.24, 2.45) is 11.0 Å². The van der Waals surface area contributed by atoms with Crippen molar-refractivity contribution in [2.45, 2.75) is 56.8 Å². The van der Waals surface area contributed by atoms with Gasteiger partial charge in [-0.15, -0.1) is 5.10 Å². The molecule has 3 aliphatic rings. The van der Waals surface area contributed by atoms with E-state index in [4.69, 9.17) is 14.2 Å². The molecular weight excluding hydrogens is 498 g/mol. The van der Waals surface area contributed by atoms with E-state index in [2.05, 4.69) is 36.5 Å². The van der Waals surface area contributed by atoms with Crippen molar-refractivity contribution in [3.8, 4) is 0 Å². The number of benzene rings is 2. The van der Waals surface area contributed by atoms with Crippen LogP contribution in [0.1, 0.15) is 60.6 Å². The average molecular weight is 530 g/mol. The molecule has 0 amide bonds. The van der Waals surface area contributed by atoms with Crippen LogP contribution < -0.4 is 5.43 Å². The minimum absolute atomic E-state index is 0.113. The smallest absolute Gasteiger partial charge is 0.352 e. The van der Waals surface area contributed by atoms with E-state index < -0.39 is 11.5 Å². The molecule has 2 fully saturated rings. The van der Waals surface area contributed by atoms with Crippen LogP contribution in [0.2, 0.25) is 0 Å². The van der Waals surface area contributed by atoms with Crippen LogP contribution in [-0.2, 0) is 31.2 Å². The Morgan fingerprint density at radius 1 is 1.21 bits per heavy atom. The molecule has 0 radical (unpaired) electrons. The van der Waals surface area contributed by atoms with Crippen LogP contribution >= 0.6 is 0 Å². The first-order chi connectivity index (χ1) is 18.8. The van der Waals surface area contributed by atoms with Crippen LogP contribution in [0.4, 0.5) is 0 Å². The fourth-order valence-corrected chi connectivity index (χ4v) is 6.10. The van der Waals surface area contributed by atoms with Crippen molar-refractivity contribution in [2.75, 3.05) is 13.2 Å². The van der Waals surface area contributed by atoms with Gasteiger partial charge in [-0.2, -0.15) is 0 Å². The molecule has 6 rings (SSSR count). The van der Waals surface area contributed by atoms with E-state index in [1.165, 1.54) is 5.56 Å². The van der Waals surface area contributed by atoms with Gasteiger partial charge in [-0.25, -0.2) is 15.0 Å². The predicted octanol–water partition coefficient (Wildman–Crippen LogP) is 4.55. The number of rotatable bonds is 8. The van der Waals surface area contributed by atoms with Gasteiger partial charge in [0.25, 0.3) is 0 Å². The molecule has 3 aromatic rings. The maximum absolute atomic E-state index is 12.5. The molecule has 2 aromatic carbocycles. The van der Waals surface area contributed by atoms with Crippen molar-refractivity contribution in [3.05, 3.63) is 77.3 Å². The van der Waals surface area contributed by atoms with E-state index in [0.717, 1.165) is 29.3 Å². The zero-order valence-corrected chi connectivity index (χ0v) is 22.0. The van der Waals surface area contributed by atoms with E-state index in [0.29, 0.717) is 32.2 Å². The molecular formula is C30H31N3O6. The van der Waals surface area contributed by atoms with Crippen molar-refractivity contribution in [1.29, 1.82) is 0 Å². The topological polar surface area (TPSA) is 111 Å². The summed E-state index contributed by atoms with van der Waals surface area (Å²) in [4.78, 5) is 23.8. The van der Waals surface area contributed by atoms with Crippen molar-refractivity contribution in [1.82, 2.24) is 9.99 Å². The highest BCUT2D eigenvalue weighted by atomic mass is 16.5. The fourth-order valence-electron chi connectivity index (χ4n) is 6.10. The molecule has 9 heteroatoms. The minimum Gasteiger partial charge on any atom is -0.477 e. The summed E-state index contributed by atoms with van der Waals surface area (Å²) in [6.07, 6.45) is 2.37. The van der Waals surface area contributed by atoms with Crippen molar-refractivity contribution < 1.29 is 28.9 Å². The molecule has 0 bridgehead atoms. The fraction of sp³-hybridized carbons (Fsp3) is 0.400. The van der Waals surface area contributed by atoms with Gasteiger partial charge in [0.05, 0.1) is 18.8 Å². The molecule has 0 spiro atoms. The number of carboxylic acids is 1. The normalized spacial score (nSPS) is 25.5. The predicted molar refractivity (Wildman–Crippen MR) is 144 cm³/mol. The lowest BCUT2D eigenvalue weighted by molar-refractivity contribution is -0.0592. The summed E-state index contributed by atoms with van der Waals surface area (Å²) in [6.45, 7) is 5.70. The van der Waals surface area contributed by atoms with E-state index in [1.807, 2.05) is 36.4 Å². The zero-order chi connectivity index (χ0) is 27.2. The average Bonchev–Trinajstić information content (AvgIpc) is 3.26. The zero-order valence-electron chi connectivity index (χ0n) is 22.0. The summed E-state index contributed by atoms with van der Waals surface area (Å²) in [5.41, 5.74) is 4.57. The number of hydrogen-bond acceptors (Lipinski definition) is 7. The molecule has 2 aliphatic heterocycles. The van der Waals surface area contributed by atoms with Crippen molar-refractivity contribution in [3.63, 3.8) is 0 Å². The maximum atomic E-state index is 12.5. The Labute approximate surface area is 226 Å². The summed E-state index contributed by atoms with van der Waals surface area (Å²) >= 11 is 0. The Morgan fingerprint density at radius 3 is 2.74 bits per heavy atom. The number of fused-ring (bicyclic) bond motifs is 1. The summed E-state index contributed by atoms with van der Waals surface area (Å²) < 4.78 is 19.5. The second-order valence-electron chi connectivity index (χ2n) is 11.2. The van der Waals surface area contributed by atoms with Gasteiger partial charge in [0, 0.05) is 23.4 Å². The summed E-state index contributed by atoms with van der Waals surface area (Å²) in [5, 5.41) is 15.4. The molecule has 2 N–H and O–H groups in total. The second kappa shape index (κ2) is 9.68. The molecule has 0 unspecified atom stereocenters. The highest BCUT2D eigenvalue weighted by molar-refractivity contribution is 5.99. The number of aromatic carboxylic acids is 1. The number of hydrazone groups is 1. The molecule has 3 atom stereocenters. The van der Waals surface area contributed by atoms with Gasteiger partial charge < -0.3 is 23.9 Å². The van der Waals surface area contributed by atoms with Gasteiger partial charge in [0.2, 0.25) is 5.90 Å². The molecule has 1 aliphatic carbocycles. The maximum Gasteiger partial charge on any atom is 0.352 e. The lowest BCUT2D eigenvalue weighted by Crippen LogP contribution is -2.34. The Hall–Kier alpha value is -3.91. The van der Waals surface area contributed by atoms with Gasteiger partial charge in [0.15, 0.2) is 5.94 Å². The first kappa shape index (κ1) is 25.4. The molecule has 1 saturated carbocycles. The van der Waals surface area contributed by atoms with Gasteiger partial charge in [-0.1, -0.05) is 36.4 Å². The quantitative estimate of drug-likeness (QED) is 0.412. The van der Waals surface area contributed by atoms with E-state index >= 15 is 0 Å². The number of nitrogens with zero attached hydrogens (tertiary/aromatic N) is 2. The molecule has 1 saturated heterocycles. The number of hydrogen-bond donors (Lipinski definition) is 2. The van der Waals surface area contributed by atoms with Crippen LogP contribution in [0, 0.1) is 5.92 Å². The third-order valence-corrected chi connectivity index (χ3v) is 8.04. The monoisotopic (exact) mass is 529 g/mol. The molecule has 9 nitrogen and oxygen atoms in total. The standard InChI is InChI=1S/C30H31N3O6/c1-29(2)14-21(10-11-38-29)20-8-9-24-22(12-20)13-25(27(35)36)33(24)30(28-32-31-26(16-34)39-28)15-23(30)18-37-17-19-6-4-3-5-7-19/h3-9,12-13,21,23,31H,10-11,14-15,17-18H2,1-2H3,(H,35,36)/t21-,23+,30-/m0/s1. The Balaban J connectivity index is 1.37. The SMILES string of the molecule is CC1(C)C[C@@H](c2ccc3c(c2)cc(C(=O)O)n3[C@@]2(C3=NNC(=C=O)O3)C[C@@H]2COCc2ccccc2)CCO1. The summed E-state index contributed by atoms with van der Waals surface area (Å²) in [7, 11) is 0. The first-order valence-electron chi connectivity index (χ1n) is 13.2. The summed E-state index contributed by atoms with van der Waals surface area (Å²) in [6, 6.07) is 17.7. The van der Waals surface area contributed by atoms with E-state index in [9.17, 15) is 14.7 Å². The van der Waals surface area contributed by atoms with Gasteiger partial charge in [0.1, 0.15) is 11.2 Å². The molecule has 1 aromatic heterocycles. The highest BCUT2D eigenvalue weighted by Crippen LogP contribution is 2.55. The third-order valence-electron chi connectivity index (χ3n) is 8.04. The number of carbonyl (C=O) groups excluding carboxylic acids is 1. The van der Waals surface area contributed by atoms with Gasteiger partial charge >= 0.3 is 11.9 Å². The molecule has 3 heterocycles. The van der Waals surface area contributed by atoms with Crippen LogP contribution in [0.15, 0.2) is 65.6 Å². The first-order valence-corrected chi connectivity index (χ1v) is 13.2. The van der Waals surface area contributed by atoms with Crippen LogP contribution in [0.5, 0.6) is 0 Å². The number of carbonyl (C=O) groups is 1. The molecule has 39 heavy (non-hydrogen) atoms. The van der Waals surface area contributed by atoms with E-state index in [1.54, 1.807) is 16.6 Å². The van der Waals surface area contributed by atoms with Crippen LogP contribution in [-0.4, -0.2) is 46.3 Å². The Morgan fingerprint density at radius 2 is 2.03 bits per heavy atom. The largest absolute Gasteiger partial charge is 0.477 e. The number of nitrogens with one attached hydrogen (secondary N) is 1. The number of aromatic nitrogens is 1. The van der Waals surface area contributed by atoms with Gasteiger partial charge in [-0.05, 0) is 68.4 Å². The Bertz CT molecular complexity index is 1500. The lowest BCUT2D eigenvalue weighted by atomic mass is 9.83. The van der Waals surface area contributed by atoms with Gasteiger partial charge in [-0.3, -0.25) is 0 Å². The minimum atomic E-state index is -1.05. The Kier molecular flexibility index (Phi) is 6.30.